The highest BCUT2D eigenvalue weighted by Gasteiger charge is 2.32. The summed E-state index contributed by atoms with van der Waals surface area (Å²) >= 11 is 0. The molecule has 0 saturated heterocycles. The molecule has 1 aliphatic carbocycles. The van der Waals surface area contributed by atoms with Crippen LogP contribution in [0.2, 0.25) is 0 Å². The average Bonchev–Trinajstić information content (AvgIpc) is 3.42. The summed E-state index contributed by atoms with van der Waals surface area (Å²) in [4.78, 5) is 36.4. The van der Waals surface area contributed by atoms with Gasteiger partial charge in [0.1, 0.15) is 11.5 Å². The number of pyridine rings is 1. The molecule has 30 heavy (non-hydrogen) atoms. The van der Waals surface area contributed by atoms with E-state index in [1.165, 1.54) is 10.8 Å². The number of nitro groups is 1. The van der Waals surface area contributed by atoms with Crippen molar-refractivity contribution < 1.29 is 18.5 Å². The van der Waals surface area contributed by atoms with E-state index in [2.05, 4.69) is 5.32 Å². The summed E-state index contributed by atoms with van der Waals surface area (Å²) in [6.07, 6.45) is 4.51. The molecule has 0 radical (unpaired) electrons. The predicted octanol–water partition coefficient (Wildman–Crippen LogP) is 2.04. The Labute approximate surface area is 169 Å². The Kier molecular flexibility index (Phi) is 5.10. The predicted molar refractivity (Wildman–Crippen MR) is 107 cm³/mol. The number of nitrogens with zero attached hydrogens (tertiary/aromatic N) is 3. The third-order valence-corrected chi connectivity index (χ3v) is 5.41. The van der Waals surface area contributed by atoms with Crippen molar-refractivity contribution in [1.82, 2.24) is 9.88 Å². The van der Waals surface area contributed by atoms with Crippen molar-refractivity contribution in [2.75, 3.05) is 38.1 Å². The third kappa shape index (κ3) is 3.47. The molecule has 1 aromatic carbocycles. The van der Waals surface area contributed by atoms with Crippen LogP contribution in [-0.2, 0) is 0 Å². The molecule has 0 spiro atoms. The molecule has 1 aromatic heterocycles. The molecule has 2 aromatic rings. The topological polar surface area (TPSA) is 97.5 Å². The van der Waals surface area contributed by atoms with Gasteiger partial charge in [-0.3, -0.25) is 19.7 Å². The monoisotopic (exact) mass is 418 g/mol. The maximum Gasteiger partial charge on any atom is 0.266 e. The summed E-state index contributed by atoms with van der Waals surface area (Å²) in [5, 5.41) is 13.4. The molecule has 0 bridgehead atoms. The number of aromatic nitrogens is 1. The van der Waals surface area contributed by atoms with Crippen LogP contribution in [0.3, 0.4) is 0 Å². The van der Waals surface area contributed by atoms with Crippen molar-refractivity contribution in [2.24, 2.45) is 0 Å². The van der Waals surface area contributed by atoms with Crippen LogP contribution in [0.25, 0.3) is 10.9 Å². The number of benzene rings is 1. The molecule has 8 nitrogen and oxygen atoms in total. The van der Waals surface area contributed by atoms with Crippen LogP contribution in [0.1, 0.15) is 29.2 Å². The Bertz CT molecular complexity index is 1150. The van der Waals surface area contributed by atoms with E-state index in [-0.39, 0.29) is 22.6 Å². The van der Waals surface area contributed by atoms with Gasteiger partial charge < -0.3 is 14.8 Å². The zero-order chi connectivity index (χ0) is 21.6. The molecule has 0 atom stereocenters. The number of halogens is 2. The number of hydrogen-bond acceptors (Lipinski definition) is 6. The fourth-order valence-electron chi connectivity index (χ4n) is 3.90. The van der Waals surface area contributed by atoms with Crippen molar-refractivity contribution in [1.29, 1.82) is 0 Å². The van der Waals surface area contributed by atoms with E-state index < -0.39 is 39.9 Å². The lowest BCUT2D eigenvalue weighted by Gasteiger charge is -2.22. The van der Waals surface area contributed by atoms with Gasteiger partial charge in [0.2, 0.25) is 11.2 Å². The molecule has 0 unspecified atom stereocenters. The van der Waals surface area contributed by atoms with Gasteiger partial charge in [0.15, 0.2) is 5.82 Å². The van der Waals surface area contributed by atoms with E-state index in [0.717, 1.165) is 11.6 Å². The summed E-state index contributed by atoms with van der Waals surface area (Å²) in [7, 11) is 1.78. The summed E-state index contributed by atoms with van der Waals surface area (Å²) in [6.45, 7) is 0.237. The molecule has 1 N–H and O–H groups in total. The van der Waals surface area contributed by atoms with E-state index in [9.17, 15) is 24.1 Å². The van der Waals surface area contributed by atoms with Crippen molar-refractivity contribution in [2.45, 2.75) is 18.9 Å². The maximum atomic E-state index is 15.6. The fourth-order valence-corrected chi connectivity index (χ4v) is 3.90. The van der Waals surface area contributed by atoms with Crippen molar-refractivity contribution in [3.63, 3.8) is 0 Å². The number of ketones is 1. The fraction of sp³-hybridized carbons (Fsp3) is 0.400. The van der Waals surface area contributed by atoms with E-state index in [1.54, 1.807) is 11.9 Å². The number of carbonyl (C=O) groups is 1. The highest BCUT2D eigenvalue weighted by Crippen LogP contribution is 2.40. The molecule has 1 fully saturated rings. The van der Waals surface area contributed by atoms with Crippen LogP contribution in [0.5, 0.6) is 0 Å². The Morgan fingerprint density at radius 2 is 2.10 bits per heavy atom. The number of hydrogen-bond donors (Lipinski definition) is 1. The van der Waals surface area contributed by atoms with Crippen molar-refractivity contribution >= 4 is 22.4 Å². The molecule has 2 heterocycles. The molecule has 2 aliphatic rings. The molecule has 1 saturated carbocycles. The lowest BCUT2D eigenvalue weighted by molar-refractivity contribution is -0.465. The number of likely N-dealkylation sites (N-methyl/N-ethyl adjacent to an activating group) is 1. The van der Waals surface area contributed by atoms with Gasteiger partial charge in [0, 0.05) is 36.8 Å². The zero-order valence-corrected chi connectivity index (χ0v) is 16.3. The summed E-state index contributed by atoms with van der Waals surface area (Å²) in [6, 6.07) is 0.799. The number of Topliss-reactive ketones (excluding diaryl/α,β-unsaturated/α-hetero) is 1. The first-order valence-corrected chi connectivity index (χ1v) is 9.61. The minimum atomic E-state index is -1.05. The summed E-state index contributed by atoms with van der Waals surface area (Å²) in [5.41, 5.74) is -0.608. The van der Waals surface area contributed by atoms with Crippen molar-refractivity contribution in [3.05, 3.63) is 61.4 Å². The van der Waals surface area contributed by atoms with Crippen molar-refractivity contribution in [3.8, 4) is 0 Å². The highest BCUT2D eigenvalue weighted by molar-refractivity contribution is 6.00. The Morgan fingerprint density at radius 1 is 1.37 bits per heavy atom. The molecule has 0 amide bonds. The Morgan fingerprint density at radius 3 is 2.73 bits per heavy atom. The van der Waals surface area contributed by atoms with Gasteiger partial charge in [-0.15, -0.1) is 0 Å². The average molecular weight is 418 g/mol. The SMILES string of the molecule is CNCC1=CCN(c2c(F)cc3c(=O)c(C(=O)C[N+](=O)[O-])cn(C4CC4)c3c2F)C1. The Hall–Kier alpha value is -3.14. The van der Waals surface area contributed by atoms with Crippen LogP contribution in [-0.4, -0.2) is 48.5 Å². The second-order valence-corrected chi connectivity index (χ2v) is 7.61. The van der Waals surface area contributed by atoms with Gasteiger partial charge in [-0.2, -0.15) is 0 Å². The molecule has 4 rings (SSSR count). The number of anilines is 1. The number of carbonyl (C=O) groups excluding carboxylic acids is 1. The van der Waals surface area contributed by atoms with Gasteiger partial charge in [0.25, 0.3) is 6.54 Å². The smallest absolute Gasteiger partial charge is 0.266 e. The van der Waals surface area contributed by atoms with Gasteiger partial charge in [-0.05, 0) is 31.5 Å². The van der Waals surface area contributed by atoms with E-state index in [4.69, 9.17) is 0 Å². The number of fused-ring (bicyclic) bond motifs is 1. The maximum absolute atomic E-state index is 15.6. The molecular formula is C20H20F2N4O4. The van der Waals surface area contributed by atoms with E-state index in [1.807, 2.05) is 6.08 Å². The summed E-state index contributed by atoms with van der Waals surface area (Å²) < 4.78 is 32.0. The lowest BCUT2D eigenvalue weighted by Crippen LogP contribution is -2.27. The number of nitrogens with one attached hydrogen (secondary N) is 1. The molecule has 1 aliphatic heterocycles. The largest absolute Gasteiger partial charge is 0.359 e. The molecular weight excluding hydrogens is 398 g/mol. The quantitative estimate of drug-likeness (QED) is 0.320. The number of rotatable bonds is 7. The lowest BCUT2D eigenvalue weighted by atomic mass is 10.1. The minimum absolute atomic E-state index is 0.0707. The highest BCUT2D eigenvalue weighted by atomic mass is 19.1. The first kappa shape index (κ1) is 20.1. The van der Waals surface area contributed by atoms with E-state index in [0.29, 0.717) is 32.5 Å². The normalized spacial score (nSPS) is 16.2. The minimum Gasteiger partial charge on any atom is -0.359 e. The van der Waals surface area contributed by atoms with Gasteiger partial charge in [-0.25, -0.2) is 8.78 Å². The van der Waals surface area contributed by atoms with Gasteiger partial charge in [0.05, 0.1) is 16.5 Å². The molecule has 158 valence electrons. The second-order valence-electron chi connectivity index (χ2n) is 7.61. The van der Waals surface area contributed by atoms with Gasteiger partial charge in [-0.1, -0.05) is 6.08 Å². The van der Waals surface area contributed by atoms with Crippen LogP contribution in [0.4, 0.5) is 14.5 Å². The second kappa shape index (κ2) is 7.60. The van der Waals surface area contributed by atoms with Crippen LogP contribution >= 0.6 is 0 Å². The first-order chi connectivity index (χ1) is 14.3. The molecule has 10 heteroatoms. The third-order valence-electron chi connectivity index (χ3n) is 5.41. The van der Waals surface area contributed by atoms with Gasteiger partial charge >= 0.3 is 0 Å². The summed E-state index contributed by atoms with van der Waals surface area (Å²) in [5.74, 6) is -2.74. The zero-order valence-electron chi connectivity index (χ0n) is 16.3. The Balaban J connectivity index is 1.87. The standard InChI is InChI=1S/C20H20F2N4O4/c1-23-7-11-4-5-24(8-11)19-15(21)6-13-18(17(19)22)25(12-2-3-12)9-14(20(13)28)16(27)10-26(29)30/h4,6,9,12,23H,2-3,5,7-8,10H2,1H3. The van der Waals surface area contributed by atoms with E-state index >= 15 is 4.39 Å². The first-order valence-electron chi connectivity index (χ1n) is 9.61. The van der Waals surface area contributed by atoms with Crippen LogP contribution in [0.15, 0.2) is 28.7 Å². The van der Waals surface area contributed by atoms with Crippen LogP contribution < -0.4 is 15.6 Å². The van der Waals surface area contributed by atoms with Crippen LogP contribution in [0, 0.1) is 21.7 Å².